The standard InChI is InChI=1S/C25H35N3O2/c1-17(18-9-10-18)26-25-20-8-5-7-19(20)21-15-23(29-2)24(16-22(21)27-25)30-14-6-13-28-11-3-4-12-28/h15-18H,3-14H2,1-2H3,(H,26,27)/t17-/m1/s1. The Morgan fingerprint density at radius 3 is 2.67 bits per heavy atom. The highest BCUT2D eigenvalue weighted by molar-refractivity contribution is 5.89. The van der Waals surface area contributed by atoms with Crippen LogP contribution in [0.3, 0.4) is 0 Å². The van der Waals surface area contributed by atoms with Gasteiger partial charge in [0.2, 0.25) is 0 Å². The van der Waals surface area contributed by atoms with Gasteiger partial charge in [-0.1, -0.05) is 0 Å². The number of nitrogens with zero attached hydrogens (tertiary/aromatic N) is 2. The van der Waals surface area contributed by atoms with Crippen molar-refractivity contribution in [3.8, 4) is 11.5 Å². The van der Waals surface area contributed by atoms with Crippen molar-refractivity contribution in [3.05, 3.63) is 23.3 Å². The van der Waals surface area contributed by atoms with Crippen LogP contribution >= 0.6 is 0 Å². The zero-order chi connectivity index (χ0) is 20.5. The maximum Gasteiger partial charge on any atom is 0.163 e. The van der Waals surface area contributed by atoms with Gasteiger partial charge in [0.25, 0.3) is 0 Å². The number of methoxy groups -OCH3 is 1. The van der Waals surface area contributed by atoms with Gasteiger partial charge in [-0.15, -0.1) is 0 Å². The molecule has 5 nitrogen and oxygen atoms in total. The highest BCUT2D eigenvalue weighted by Crippen LogP contribution is 2.40. The molecule has 2 fully saturated rings. The van der Waals surface area contributed by atoms with Gasteiger partial charge in [0, 0.05) is 24.0 Å². The molecule has 0 amide bonds. The molecule has 1 aromatic heterocycles. The minimum absolute atomic E-state index is 0.499. The van der Waals surface area contributed by atoms with Crippen LogP contribution < -0.4 is 14.8 Å². The summed E-state index contributed by atoms with van der Waals surface area (Å²) in [6.07, 6.45) is 9.86. The first kappa shape index (κ1) is 19.9. The summed E-state index contributed by atoms with van der Waals surface area (Å²) in [5, 5.41) is 4.97. The predicted molar refractivity (Wildman–Crippen MR) is 122 cm³/mol. The molecule has 2 heterocycles. The zero-order valence-electron chi connectivity index (χ0n) is 18.5. The molecule has 5 rings (SSSR count). The first-order valence-electron chi connectivity index (χ1n) is 11.9. The summed E-state index contributed by atoms with van der Waals surface area (Å²) in [4.78, 5) is 7.60. The normalized spacial score (nSPS) is 19.8. The summed E-state index contributed by atoms with van der Waals surface area (Å²) in [7, 11) is 1.74. The van der Waals surface area contributed by atoms with Crippen LogP contribution in [-0.2, 0) is 12.8 Å². The maximum absolute atomic E-state index is 6.17. The van der Waals surface area contributed by atoms with Crippen LogP contribution in [0.25, 0.3) is 10.9 Å². The topological polar surface area (TPSA) is 46.6 Å². The van der Waals surface area contributed by atoms with E-state index in [0.717, 1.165) is 54.6 Å². The van der Waals surface area contributed by atoms with Gasteiger partial charge in [-0.25, -0.2) is 4.98 Å². The third kappa shape index (κ3) is 4.09. The summed E-state index contributed by atoms with van der Waals surface area (Å²) in [6, 6.07) is 4.74. The van der Waals surface area contributed by atoms with Crippen molar-refractivity contribution in [2.75, 3.05) is 38.7 Å². The predicted octanol–water partition coefficient (Wildman–Crippen LogP) is 4.81. The molecule has 0 bridgehead atoms. The van der Waals surface area contributed by atoms with Crippen molar-refractivity contribution in [2.24, 2.45) is 5.92 Å². The quantitative estimate of drug-likeness (QED) is 0.603. The molecule has 1 saturated heterocycles. The van der Waals surface area contributed by atoms with E-state index >= 15 is 0 Å². The molecule has 2 aromatic rings. The molecule has 1 saturated carbocycles. The van der Waals surface area contributed by atoms with E-state index in [-0.39, 0.29) is 0 Å². The number of ether oxygens (including phenoxy) is 2. The van der Waals surface area contributed by atoms with Gasteiger partial charge >= 0.3 is 0 Å². The van der Waals surface area contributed by atoms with Crippen LogP contribution in [0.4, 0.5) is 5.82 Å². The Labute approximate surface area is 180 Å². The molecular formula is C25H35N3O2. The molecule has 3 aliphatic rings. The number of nitrogens with one attached hydrogen (secondary N) is 1. The molecule has 1 aliphatic heterocycles. The number of rotatable bonds is 9. The number of aromatic nitrogens is 1. The highest BCUT2D eigenvalue weighted by atomic mass is 16.5. The lowest BCUT2D eigenvalue weighted by molar-refractivity contribution is 0.254. The fourth-order valence-corrected chi connectivity index (χ4v) is 5.17. The molecule has 0 unspecified atom stereocenters. The van der Waals surface area contributed by atoms with Gasteiger partial charge in [0.05, 0.1) is 19.2 Å². The maximum atomic E-state index is 6.17. The summed E-state index contributed by atoms with van der Waals surface area (Å²) < 4.78 is 11.9. The first-order valence-corrected chi connectivity index (χ1v) is 11.9. The zero-order valence-corrected chi connectivity index (χ0v) is 18.5. The second-order valence-corrected chi connectivity index (χ2v) is 9.31. The van der Waals surface area contributed by atoms with Crippen molar-refractivity contribution < 1.29 is 9.47 Å². The second-order valence-electron chi connectivity index (χ2n) is 9.31. The van der Waals surface area contributed by atoms with Crippen LogP contribution in [0.1, 0.15) is 56.6 Å². The smallest absolute Gasteiger partial charge is 0.163 e. The summed E-state index contributed by atoms with van der Waals surface area (Å²) in [6.45, 7) is 6.61. The van der Waals surface area contributed by atoms with E-state index < -0.39 is 0 Å². The largest absolute Gasteiger partial charge is 0.493 e. The number of aryl methyl sites for hydroxylation is 1. The Kier molecular flexibility index (Phi) is 5.72. The summed E-state index contributed by atoms with van der Waals surface area (Å²) in [5.41, 5.74) is 3.89. The van der Waals surface area contributed by atoms with E-state index in [2.05, 4.69) is 29.3 Å². The Morgan fingerprint density at radius 2 is 1.90 bits per heavy atom. The van der Waals surface area contributed by atoms with E-state index in [1.807, 2.05) is 0 Å². The van der Waals surface area contributed by atoms with Crippen LogP contribution in [0.2, 0.25) is 0 Å². The third-order valence-corrected chi connectivity index (χ3v) is 7.11. The Morgan fingerprint density at radius 1 is 1.10 bits per heavy atom. The fraction of sp³-hybridized carbons (Fsp3) is 0.640. The van der Waals surface area contributed by atoms with Crippen LogP contribution in [-0.4, -0.2) is 49.3 Å². The van der Waals surface area contributed by atoms with E-state index in [1.54, 1.807) is 7.11 Å². The molecular weight excluding hydrogens is 374 g/mol. The third-order valence-electron chi connectivity index (χ3n) is 7.11. The van der Waals surface area contributed by atoms with Gasteiger partial charge in [-0.2, -0.15) is 0 Å². The van der Waals surface area contributed by atoms with Gasteiger partial charge in [0.15, 0.2) is 11.5 Å². The average Bonchev–Trinajstić information content (AvgIpc) is 3.26. The highest BCUT2D eigenvalue weighted by Gasteiger charge is 2.30. The molecule has 30 heavy (non-hydrogen) atoms. The molecule has 0 radical (unpaired) electrons. The lowest BCUT2D eigenvalue weighted by atomic mass is 10.0. The lowest BCUT2D eigenvalue weighted by Crippen LogP contribution is -2.22. The number of hydrogen-bond donors (Lipinski definition) is 1. The molecule has 2 aliphatic carbocycles. The summed E-state index contributed by atoms with van der Waals surface area (Å²) in [5.74, 6) is 3.55. The first-order chi connectivity index (χ1) is 14.7. The van der Waals surface area contributed by atoms with Gasteiger partial charge < -0.3 is 19.7 Å². The molecule has 5 heteroatoms. The minimum Gasteiger partial charge on any atom is -0.493 e. The Balaban J connectivity index is 1.38. The number of likely N-dealkylation sites (tertiary alicyclic amines) is 1. The molecule has 162 valence electrons. The van der Waals surface area contributed by atoms with Crippen molar-refractivity contribution >= 4 is 16.7 Å². The van der Waals surface area contributed by atoms with E-state index in [4.69, 9.17) is 14.5 Å². The number of anilines is 1. The van der Waals surface area contributed by atoms with Crippen LogP contribution in [0, 0.1) is 5.92 Å². The van der Waals surface area contributed by atoms with Crippen LogP contribution in [0.5, 0.6) is 11.5 Å². The molecule has 0 spiro atoms. The second kappa shape index (κ2) is 8.62. The molecule has 1 atom stereocenters. The number of pyridine rings is 1. The van der Waals surface area contributed by atoms with E-state index in [1.165, 1.54) is 61.7 Å². The Bertz CT molecular complexity index is 903. The number of hydrogen-bond acceptors (Lipinski definition) is 5. The van der Waals surface area contributed by atoms with Gasteiger partial charge in [-0.05, 0) is 94.5 Å². The molecule has 1 N–H and O–H groups in total. The average molecular weight is 410 g/mol. The number of fused-ring (bicyclic) bond motifs is 3. The van der Waals surface area contributed by atoms with Gasteiger partial charge in [0.1, 0.15) is 5.82 Å². The monoisotopic (exact) mass is 409 g/mol. The van der Waals surface area contributed by atoms with Crippen molar-refractivity contribution in [1.82, 2.24) is 9.88 Å². The SMILES string of the molecule is COc1cc2c3c(c(N[C@H](C)C4CC4)nc2cc1OCCCN1CCCC1)CCC3. The minimum atomic E-state index is 0.499. The van der Waals surface area contributed by atoms with Crippen molar-refractivity contribution in [1.29, 1.82) is 0 Å². The summed E-state index contributed by atoms with van der Waals surface area (Å²) >= 11 is 0. The lowest BCUT2D eigenvalue weighted by Gasteiger charge is -2.19. The molecule has 1 aromatic carbocycles. The van der Waals surface area contributed by atoms with Crippen molar-refractivity contribution in [2.45, 2.75) is 64.3 Å². The van der Waals surface area contributed by atoms with Gasteiger partial charge in [-0.3, -0.25) is 0 Å². The van der Waals surface area contributed by atoms with Crippen LogP contribution in [0.15, 0.2) is 12.1 Å². The fourth-order valence-electron chi connectivity index (χ4n) is 5.17. The van der Waals surface area contributed by atoms with E-state index in [9.17, 15) is 0 Å². The number of benzene rings is 1. The van der Waals surface area contributed by atoms with E-state index in [0.29, 0.717) is 12.6 Å². The van der Waals surface area contributed by atoms with Crippen molar-refractivity contribution in [3.63, 3.8) is 0 Å². The Hall–Kier alpha value is -2.01.